The topological polar surface area (TPSA) is 41.6 Å². The van der Waals surface area contributed by atoms with Gasteiger partial charge in [-0.3, -0.25) is 4.79 Å². The van der Waals surface area contributed by atoms with Crippen LogP contribution in [0.15, 0.2) is 24.3 Å². The first-order valence-corrected chi connectivity index (χ1v) is 8.45. The lowest BCUT2D eigenvalue weighted by Crippen LogP contribution is -2.47. The molecule has 1 unspecified atom stereocenters. The quantitative estimate of drug-likeness (QED) is 0.932. The van der Waals surface area contributed by atoms with Gasteiger partial charge in [0.25, 0.3) is 0 Å². The number of piperidine rings is 2. The average molecular weight is 302 g/mol. The van der Waals surface area contributed by atoms with Gasteiger partial charge in [0.15, 0.2) is 0 Å². The van der Waals surface area contributed by atoms with Crippen molar-refractivity contribution in [3.63, 3.8) is 0 Å². The molecule has 0 aromatic heterocycles. The Hall–Kier alpha value is -1.55. The summed E-state index contributed by atoms with van der Waals surface area (Å²) in [4.78, 5) is 14.5. The molecule has 0 aliphatic carbocycles. The van der Waals surface area contributed by atoms with Crippen molar-refractivity contribution < 1.29 is 9.53 Å². The van der Waals surface area contributed by atoms with E-state index in [2.05, 4.69) is 24.4 Å². The summed E-state index contributed by atoms with van der Waals surface area (Å²) in [5, 5.41) is 3.33. The van der Waals surface area contributed by atoms with Crippen molar-refractivity contribution in [2.24, 2.45) is 5.92 Å². The summed E-state index contributed by atoms with van der Waals surface area (Å²) in [6, 6.07) is 8.20. The van der Waals surface area contributed by atoms with Crippen LogP contribution in [-0.4, -0.2) is 43.1 Å². The van der Waals surface area contributed by atoms with Crippen LogP contribution in [0, 0.1) is 12.8 Å². The third-order valence-corrected chi connectivity index (χ3v) is 4.72. The zero-order valence-electron chi connectivity index (χ0n) is 13.4. The molecule has 2 fully saturated rings. The van der Waals surface area contributed by atoms with Crippen LogP contribution in [0.5, 0.6) is 5.75 Å². The van der Waals surface area contributed by atoms with Gasteiger partial charge >= 0.3 is 0 Å². The molecule has 4 nitrogen and oxygen atoms in total. The minimum Gasteiger partial charge on any atom is -0.490 e. The van der Waals surface area contributed by atoms with Crippen molar-refractivity contribution in [2.45, 2.75) is 38.7 Å². The van der Waals surface area contributed by atoms with E-state index in [4.69, 9.17) is 4.74 Å². The predicted molar refractivity (Wildman–Crippen MR) is 87.0 cm³/mol. The molecule has 2 saturated heterocycles. The number of aryl methyl sites for hydroxylation is 1. The zero-order chi connectivity index (χ0) is 15.4. The van der Waals surface area contributed by atoms with Gasteiger partial charge in [-0.15, -0.1) is 0 Å². The number of carbonyl (C=O) groups excluding carboxylic acids is 1. The molecule has 120 valence electrons. The standard InChI is InChI=1S/C18H26N2O2/c1-14-4-6-16(7-5-14)22-17-8-11-20(12-9-17)18(21)15-3-2-10-19-13-15/h4-7,15,17,19H,2-3,8-13H2,1H3. The van der Waals surface area contributed by atoms with Crippen LogP contribution in [0.25, 0.3) is 0 Å². The Labute approximate surface area is 132 Å². The number of benzene rings is 1. The smallest absolute Gasteiger partial charge is 0.226 e. The Morgan fingerprint density at radius 1 is 1.18 bits per heavy atom. The van der Waals surface area contributed by atoms with Gasteiger partial charge in [0.05, 0.1) is 5.92 Å². The second kappa shape index (κ2) is 7.14. The number of carbonyl (C=O) groups is 1. The number of likely N-dealkylation sites (tertiary alicyclic amines) is 1. The van der Waals surface area contributed by atoms with Crippen molar-refractivity contribution in [2.75, 3.05) is 26.2 Å². The summed E-state index contributed by atoms with van der Waals surface area (Å²) in [7, 11) is 0. The van der Waals surface area contributed by atoms with Crippen molar-refractivity contribution in [1.82, 2.24) is 10.2 Å². The Morgan fingerprint density at radius 3 is 2.55 bits per heavy atom. The monoisotopic (exact) mass is 302 g/mol. The van der Waals surface area contributed by atoms with Gasteiger partial charge in [-0.05, 0) is 38.4 Å². The molecule has 4 heteroatoms. The first kappa shape index (κ1) is 15.3. The molecule has 0 radical (unpaired) electrons. The molecule has 1 amide bonds. The lowest BCUT2D eigenvalue weighted by Gasteiger charge is -2.35. The van der Waals surface area contributed by atoms with E-state index in [-0.39, 0.29) is 12.0 Å². The number of amides is 1. The van der Waals surface area contributed by atoms with Crippen LogP contribution in [0.3, 0.4) is 0 Å². The van der Waals surface area contributed by atoms with E-state index in [1.165, 1.54) is 5.56 Å². The second-order valence-corrected chi connectivity index (χ2v) is 6.50. The predicted octanol–water partition coefficient (Wildman–Crippen LogP) is 2.36. The maximum atomic E-state index is 12.5. The fourth-order valence-electron chi connectivity index (χ4n) is 3.32. The second-order valence-electron chi connectivity index (χ2n) is 6.50. The van der Waals surface area contributed by atoms with Crippen LogP contribution in [0.1, 0.15) is 31.2 Å². The third kappa shape index (κ3) is 3.80. The zero-order valence-corrected chi connectivity index (χ0v) is 13.4. The molecule has 1 atom stereocenters. The van der Waals surface area contributed by atoms with Crippen LogP contribution in [-0.2, 0) is 4.79 Å². The van der Waals surface area contributed by atoms with Gasteiger partial charge in [0.2, 0.25) is 5.91 Å². The lowest BCUT2D eigenvalue weighted by molar-refractivity contribution is -0.137. The molecule has 2 aliphatic rings. The first-order chi connectivity index (χ1) is 10.7. The number of ether oxygens (including phenoxy) is 1. The summed E-state index contributed by atoms with van der Waals surface area (Å²) in [6.45, 7) is 5.63. The molecule has 2 heterocycles. The van der Waals surface area contributed by atoms with Gasteiger partial charge in [-0.2, -0.15) is 0 Å². The van der Waals surface area contributed by atoms with E-state index in [1.807, 2.05) is 17.0 Å². The van der Waals surface area contributed by atoms with Crippen LogP contribution >= 0.6 is 0 Å². The highest BCUT2D eigenvalue weighted by atomic mass is 16.5. The number of rotatable bonds is 3. The molecular weight excluding hydrogens is 276 g/mol. The molecule has 1 N–H and O–H groups in total. The number of hydrogen-bond donors (Lipinski definition) is 1. The van der Waals surface area contributed by atoms with Gasteiger partial charge < -0.3 is 15.0 Å². The molecule has 1 aromatic carbocycles. The number of hydrogen-bond acceptors (Lipinski definition) is 3. The molecule has 3 rings (SSSR count). The van der Waals surface area contributed by atoms with Crippen LogP contribution in [0.2, 0.25) is 0 Å². The van der Waals surface area contributed by atoms with E-state index in [9.17, 15) is 4.79 Å². The maximum absolute atomic E-state index is 12.5. The number of nitrogens with one attached hydrogen (secondary N) is 1. The van der Waals surface area contributed by atoms with Gasteiger partial charge in [0.1, 0.15) is 11.9 Å². The van der Waals surface area contributed by atoms with Crippen molar-refractivity contribution in [1.29, 1.82) is 0 Å². The Kier molecular flexibility index (Phi) is 4.98. The highest BCUT2D eigenvalue weighted by Gasteiger charge is 2.29. The van der Waals surface area contributed by atoms with E-state index >= 15 is 0 Å². The van der Waals surface area contributed by atoms with E-state index < -0.39 is 0 Å². The van der Waals surface area contributed by atoms with Crippen molar-refractivity contribution >= 4 is 5.91 Å². The average Bonchev–Trinajstić information content (AvgIpc) is 2.58. The number of nitrogens with zero attached hydrogens (tertiary/aromatic N) is 1. The molecule has 0 spiro atoms. The molecule has 0 bridgehead atoms. The highest BCUT2D eigenvalue weighted by molar-refractivity contribution is 5.79. The van der Waals surface area contributed by atoms with Gasteiger partial charge in [-0.1, -0.05) is 17.7 Å². The normalized spacial score (nSPS) is 23.3. The summed E-state index contributed by atoms with van der Waals surface area (Å²) >= 11 is 0. The van der Waals surface area contributed by atoms with E-state index in [1.54, 1.807) is 0 Å². The Morgan fingerprint density at radius 2 is 1.91 bits per heavy atom. The maximum Gasteiger partial charge on any atom is 0.226 e. The Bertz CT molecular complexity index is 486. The minimum atomic E-state index is 0.184. The SMILES string of the molecule is Cc1ccc(OC2CCN(C(=O)C3CCCNC3)CC2)cc1. The largest absolute Gasteiger partial charge is 0.490 e. The summed E-state index contributed by atoms with van der Waals surface area (Å²) < 4.78 is 6.03. The van der Waals surface area contributed by atoms with E-state index in [0.717, 1.165) is 57.6 Å². The minimum absolute atomic E-state index is 0.184. The van der Waals surface area contributed by atoms with Crippen LogP contribution < -0.4 is 10.1 Å². The van der Waals surface area contributed by atoms with Gasteiger partial charge in [0, 0.05) is 32.5 Å². The molecule has 1 aromatic rings. The molecule has 22 heavy (non-hydrogen) atoms. The molecule has 0 saturated carbocycles. The Balaban J connectivity index is 1.47. The lowest BCUT2D eigenvalue weighted by atomic mass is 9.96. The van der Waals surface area contributed by atoms with Crippen LogP contribution in [0.4, 0.5) is 0 Å². The summed E-state index contributed by atoms with van der Waals surface area (Å²) in [5.41, 5.74) is 1.24. The summed E-state index contributed by atoms with van der Waals surface area (Å²) in [6.07, 6.45) is 4.24. The van der Waals surface area contributed by atoms with E-state index in [0.29, 0.717) is 5.91 Å². The fourth-order valence-corrected chi connectivity index (χ4v) is 3.32. The van der Waals surface area contributed by atoms with Gasteiger partial charge in [-0.25, -0.2) is 0 Å². The van der Waals surface area contributed by atoms with Crippen molar-refractivity contribution in [3.05, 3.63) is 29.8 Å². The molecular formula is C18H26N2O2. The summed E-state index contributed by atoms with van der Waals surface area (Å²) in [5.74, 6) is 1.45. The fraction of sp³-hybridized carbons (Fsp3) is 0.611. The molecule has 2 aliphatic heterocycles. The first-order valence-electron chi connectivity index (χ1n) is 8.45. The highest BCUT2D eigenvalue weighted by Crippen LogP contribution is 2.22. The van der Waals surface area contributed by atoms with Crippen molar-refractivity contribution in [3.8, 4) is 5.75 Å². The third-order valence-electron chi connectivity index (χ3n) is 4.72.